The van der Waals surface area contributed by atoms with Gasteiger partial charge < -0.3 is 10.2 Å². The van der Waals surface area contributed by atoms with Crippen LogP contribution in [0.4, 0.5) is 0 Å². The minimum absolute atomic E-state index is 0.205. The fourth-order valence-corrected chi connectivity index (χ4v) is 1.42. The lowest BCUT2D eigenvalue weighted by Gasteiger charge is -2.21. The maximum atomic E-state index is 11.9. The maximum absolute atomic E-state index is 11.9. The van der Waals surface area contributed by atoms with E-state index in [4.69, 9.17) is 0 Å². The van der Waals surface area contributed by atoms with Gasteiger partial charge in [-0.25, -0.2) is 9.18 Å². The summed E-state index contributed by atoms with van der Waals surface area (Å²) in [5, 5.41) is 31.8. The van der Waals surface area contributed by atoms with Crippen LogP contribution in [0.3, 0.4) is 0 Å². The summed E-state index contributed by atoms with van der Waals surface area (Å²) in [5.74, 6) is -0.611. The second-order valence-corrected chi connectivity index (χ2v) is 6.27. The third-order valence-electron chi connectivity index (χ3n) is 2.16. The van der Waals surface area contributed by atoms with Crippen LogP contribution < -0.4 is 10.2 Å². The third kappa shape index (κ3) is 5.38. The Bertz CT molecular complexity index is 471. The summed E-state index contributed by atoms with van der Waals surface area (Å²) in [5.41, 5.74) is 0.916. The predicted octanol–water partition coefficient (Wildman–Crippen LogP) is -0.857. The molecule has 0 aliphatic carbocycles. The Labute approximate surface area is 120 Å². The monoisotopic (exact) mass is 278 g/mol. The topological polar surface area (TPSA) is 70.8 Å². The third-order valence-corrected chi connectivity index (χ3v) is 2.16. The van der Waals surface area contributed by atoms with Gasteiger partial charge in [0.25, 0.3) is 0 Å². The van der Waals surface area contributed by atoms with Crippen molar-refractivity contribution in [1.29, 1.82) is 0 Å². The van der Waals surface area contributed by atoms with Crippen molar-refractivity contribution in [3.05, 3.63) is 35.4 Å². The molecule has 1 aromatic rings. The molecule has 1 rings (SSSR count). The molecule has 6 nitrogen and oxygen atoms in total. The van der Waals surface area contributed by atoms with E-state index in [-0.39, 0.29) is 21.0 Å². The second kappa shape index (κ2) is 5.60. The first-order valence-corrected chi connectivity index (χ1v) is 6.26. The van der Waals surface area contributed by atoms with Gasteiger partial charge in [0.2, 0.25) is 0 Å². The van der Waals surface area contributed by atoms with Crippen LogP contribution in [0.2, 0.25) is 0 Å². The first-order chi connectivity index (χ1) is 8.98. The molecule has 0 bridgehead atoms. The molecule has 0 spiro atoms. The Morgan fingerprint density at radius 1 is 0.700 bits per heavy atom. The van der Waals surface area contributed by atoms with Crippen molar-refractivity contribution in [3.63, 3.8) is 0 Å². The van der Waals surface area contributed by atoms with Gasteiger partial charge in [-0.15, -0.1) is 0 Å². The standard InChI is InChI=1S/C14H22N4O2/c1-17(2,3)15-13(19)11-7-9-12(10-8-11)14(20)16-18(4,5)6/h7-10H,1-6H3. The van der Waals surface area contributed by atoms with Crippen molar-refractivity contribution in [3.8, 4) is 0 Å². The van der Waals surface area contributed by atoms with Crippen LogP contribution in [0.25, 0.3) is 0 Å². The Kier molecular flexibility index (Phi) is 4.52. The smallest absolute Gasteiger partial charge is 0.0923 e. The SMILES string of the molecule is C[N+](C)(C)/N=C(\[O-])c1ccc(/C([O-])=N/[N+](C)(C)C)cc1. The molecule has 110 valence electrons. The fourth-order valence-electron chi connectivity index (χ4n) is 1.42. The van der Waals surface area contributed by atoms with E-state index >= 15 is 0 Å². The van der Waals surface area contributed by atoms with Crippen LogP contribution in [0.5, 0.6) is 0 Å². The summed E-state index contributed by atoms with van der Waals surface area (Å²) in [4.78, 5) is 0. The van der Waals surface area contributed by atoms with Gasteiger partial charge in [-0.05, 0) is 11.1 Å². The Morgan fingerprint density at radius 3 is 1.15 bits per heavy atom. The Hall–Kier alpha value is -1.92. The largest absolute Gasteiger partial charge is 0.855 e. The zero-order valence-electron chi connectivity index (χ0n) is 12.9. The van der Waals surface area contributed by atoms with E-state index in [1.54, 1.807) is 66.6 Å². The highest BCUT2D eigenvalue weighted by atomic mass is 16.3. The van der Waals surface area contributed by atoms with E-state index in [0.29, 0.717) is 11.1 Å². The summed E-state index contributed by atoms with van der Waals surface area (Å²) in [6, 6.07) is 6.39. The van der Waals surface area contributed by atoms with Gasteiger partial charge in [-0.1, -0.05) is 34.5 Å². The molecular formula is C14H22N4O2. The molecule has 1 aromatic carbocycles. The van der Waals surface area contributed by atoms with Gasteiger partial charge >= 0.3 is 0 Å². The van der Waals surface area contributed by atoms with Gasteiger partial charge in [-0.3, -0.25) is 0 Å². The van der Waals surface area contributed by atoms with Crippen LogP contribution in [0.1, 0.15) is 11.1 Å². The highest BCUT2D eigenvalue weighted by molar-refractivity contribution is 5.93. The molecule has 0 N–H and O–H groups in total. The second-order valence-electron chi connectivity index (χ2n) is 6.27. The van der Waals surface area contributed by atoms with Crippen LogP contribution in [-0.2, 0) is 0 Å². The van der Waals surface area contributed by atoms with E-state index in [0.717, 1.165) is 0 Å². The number of benzene rings is 1. The van der Waals surface area contributed by atoms with Gasteiger partial charge in [0.15, 0.2) is 0 Å². The molecule has 0 unspecified atom stereocenters. The zero-order chi connectivity index (χ0) is 15.6. The van der Waals surface area contributed by atoms with E-state index < -0.39 is 0 Å². The molecular weight excluding hydrogens is 256 g/mol. The Morgan fingerprint density at radius 2 is 0.950 bits per heavy atom. The quantitative estimate of drug-likeness (QED) is 0.311. The maximum Gasteiger partial charge on any atom is 0.0923 e. The normalized spacial score (nSPS) is 14.5. The fraction of sp³-hybridized carbons (Fsp3) is 0.429. The molecule has 0 saturated heterocycles. The van der Waals surface area contributed by atoms with Gasteiger partial charge in [0, 0.05) is 0 Å². The molecule has 20 heavy (non-hydrogen) atoms. The lowest BCUT2D eigenvalue weighted by molar-refractivity contribution is -0.878. The molecule has 0 aliphatic heterocycles. The molecule has 0 fully saturated rings. The number of nitrogens with zero attached hydrogens (tertiary/aromatic N) is 4. The predicted molar refractivity (Wildman–Crippen MR) is 75.6 cm³/mol. The average molecular weight is 278 g/mol. The van der Waals surface area contributed by atoms with Crippen LogP contribution >= 0.6 is 0 Å². The van der Waals surface area contributed by atoms with Crippen molar-refractivity contribution in [2.75, 3.05) is 42.3 Å². The molecule has 0 aliphatic rings. The van der Waals surface area contributed by atoms with Crippen LogP contribution in [0, 0.1) is 0 Å². The Balaban J connectivity index is 3.01. The lowest BCUT2D eigenvalue weighted by Crippen LogP contribution is -2.34. The molecule has 0 radical (unpaired) electrons. The van der Waals surface area contributed by atoms with Crippen molar-refractivity contribution in [2.24, 2.45) is 10.2 Å². The number of hydrogen-bond donors (Lipinski definition) is 0. The summed E-state index contributed by atoms with van der Waals surface area (Å²) >= 11 is 0. The van der Waals surface area contributed by atoms with Crippen molar-refractivity contribution in [2.45, 2.75) is 0 Å². The molecule has 6 heteroatoms. The lowest BCUT2D eigenvalue weighted by atomic mass is 10.1. The summed E-state index contributed by atoms with van der Waals surface area (Å²) in [6.07, 6.45) is 0. The van der Waals surface area contributed by atoms with E-state index in [2.05, 4.69) is 10.2 Å². The highest BCUT2D eigenvalue weighted by Gasteiger charge is 2.06. The van der Waals surface area contributed by atoms with Crippen LogP contribution in [0.15, 0.2) is 34.5 Å². The minimum atomic E-state index is -0.306. The molecule has 0 heterocycles. The number of rotatable bonds is 4. The van der Waals surface area contributed by atoms with Crippen molar-refractivity contribution >= 4 is 11.8 Å². The molecule has 0 amide bonds. The summed E-state index contributed by atoms with van der Waals surface area (Å²) in [7, 11) is 10.8. The van der Waals surface area contributed by atoms with Gasteiger partial charge in [-0.2, -0.15) is 0 Å². The molecule has 0 saturated carbocycles. The minimum Gasteiger partial charge on any atom is -0.855 e. The van der Waals surface area contributed by atoms with Crippen molar-refractivity contribution in [1.82, 2.24) is 0 Å². The van der Waals surface area contributed by atoms with Crippen LogP contribution in [-0.4, -0.2) is 63.3 Å². The molecule has 0 atom stereocenters. The summed E-state index contributed by atoms with van der Waals surface area (Å²) in [6.45, 7) is 0. The molecule has 0 aromatic heterocycles. The van der Waals surface area contributed by atoms with Gasteiger partial charge in [0.05, 0.1) is 54.1 Å². The van der Waals surface area contributed by atoms with Crippen molar-refractivity contribution < 1.29 is 19.4 Å². The van der Waals surface area contributed by atoms with E-state index in [1.165, 1.54) is 0 Å². The first-order valence-electron chi connectivity index (χ1n) is 6.26. The van der Waals surface area contributed by atoms with E-state index in [9.17, 15) is 10.2 Å². The zero-order valence-corrected chi connectivity index (χ0v) is 12.9. The number of hydrogen-bond acceptors (Lipinski definition) is 4. The average Bonchev–Trinajstić information content (AvgIpc) is 2.24. The highest BCUT2D eigenvalue weighted by Crippen LogP contribution is 2.06. The van der Waals surface area contributed by atoms with Gasteiger partial charge in [0.1, 0.15) is 0 Å². The summed E-state index contributed by atoms with van der Waals surface area (Å²) < 4.78 is 0.409. The first kappa shape index (κ1) is 16.1. The van der Waals surface area contributed by atoms with E-state index in [1.807, 2.05) is 0 Å². The number of quaternary nitrogens is 2.